The lowest BCUT2D eigenvalue weighted by Gasteiger charge is -2.24. The minimum Gasteiger partial charge on any atom is -0.362 e. The largest absolute Gasteiger partial charge is 0.438 e. The Labute approximate surface area is 122 Å². The maximum atomic E-state index is 12.8. The van der Waals surface area contributed by atoms with Gasteiger partial charge in [-0.3, -0.25) is 5.43 Å². The van der Waals surface area contributed by atoms with Crippen LogP contribution in [0.1, 0.15) is 20.3 Å². The summed E-state index contributed by atoms with van der Waals surface area (Å²) in [6, 6.07) is 0. The number of allylic oxidation sites excluding steroid dienone is 3. The first kappa shape index (κ1) is 14.3. The van der Waals surface area contributed by atoms with Gasteiger partial charge in [-0.25, -0.2) is 0 Å². The normalized spacial score (nSPS) is 36.9. The zero-order chi connectivity index (χ0) is 14.7. The predicted octanol–water partition coefficient (Wildman–Crippen LogP) is 3.20. The molecule has 0 amide bonds. The lowest BCUT2D eigenvalue weighted by molar-refractivity contribution is -0.266. The number of nitrogens with zero attached hydrogens (tertiary/aromatic N) is 1. The first-order chi connectivity index (χ1) is 9.23. The van der Waals surface area contributed by atoms with Gasteiger partial charge in [-0.2, -0.15) is 18.3 Å². The fourth-order valence-corrected chi connectivity index (χ4v) is 5.71. The Hall–Kier alpha value is -0.600. The van der Waals surface area contributed by atoms with Crippen molar-refractivity contribution in [3.63, 3.8) is 0 Å². The molecule has 0 aromatic rings. The Morgan fingerprint density at radius 3 is 2.70 bits per heavy atom. The molecule has 0 bridgehead atoms. The van der Waals surface area contributed by atoms with Gasteiger partial charge < -0.3 is 5.11 Å². The fourth-order valence-electron chi connectivity index (χ4n) is 2.60. The van der Waals surface area contributed by atoms with E-state index in [4.69, 9.17) is 0 Å². The first-order valence-corrected chi connectivity index (χ1v) is 7.88. The number of nitrogens with one attached hydrogen (secondary N) is 1. The van der Waals surface area contributed by atoms with Gasteiger partial charge in [-0.05, 0) is 24.8 Å². The number of hydrogen-bond acceptors (Lipinski definition) is 5. The van der Waals surface area contributed by atoms with Crippen LogP contribution < -0.4 is 5.43 Å². The fraction of sp³-hybridized carbons (Fsp3) is 0.583. The summed E-state index contributed by atoms with van der Waals surface area (Å²) < 4.78 is 38.6. The van der Waals surface area contributed by atoms with Crippen molar-refractivity contribution in [2.24, 2.45) is 11.0 Å². The number of alkyl halides is 3. The molecule has 0 aromatic carbocycles. The zero-order valence-electron chi connectivity index (χ0n) is 10.8. The molecule has 0 saturated heterocycles. The molecule has 3 aliphatic heterocycles. The standard InChI is InChI=1S/C12H13F3N2OS2/c1-5-4-19-10-8(5)6(2)9(20-10)7-3-11(18,17-16-7)12(13,14)15/h4,8,10,17-18H,3H2,1-2H3/t8-,10-,11+/m1/s1. The van der Waals surface area contributed by atoms with Crippen LogP contribution in [0.5, 0.6) is 0 Å². The Balaban J connectivity index is 1.85. The first-order valence-electron chi connectivity index (χ1n) is 6.06. The molecule has 0 fully saturated rings. The lowest BCUT2D eigenvalue weighted by Crippen LogP contribution is -2.52. The second-order valence-corrected chi connectivity index (χ2v) is 7.65. The van der Waals surface area contributed by atoms with Crippen molar-refractivity contribution >= 4 is 29.2 Å². The molecule has 8 heteroatoms. The molecule has 3 aliphatic rings. The smallest absolute Gasteiger partial charge is 0.362 e. The average Bonchev–Trinajstić information content (AvgIpc) is 2.97. The van der Waals surface area contributed by atoms with Crippen molar-refractivity contribution in [1.82, 2.24) is 5.43 Å². The van der Waals surface area contributed by atoms with E-state index >= 15 is 0 Å². The van der Waals surface area contributed by atoms with Crippen LogP contribution in [0.15, 0.2) is 26.6 Å². The summed E-state index contributed by atoms with van der Waals surface area (Å²) in [5, 5.41) is 15.4. The second-order valence-electron chi connectivity index (χ2n) is 5.18. The Bertz CT molecular complexity index is 555. The van der Waals surface area contributed by atoms with Gasteiger partial charge in [-0.1, -0.05) is 5.57 Å². The maximum absolute atomic E-state index is 12.8. The molecular formula is C12H13F3N2OS2. The van der Waals surface area contributed by atoms with Crippen molar-refractivity contribution in [3.05, 3.63) is 21.5 Å². The average molecular weight is 322 g/mol. The van der Waals surface area contributed by atoms with Gasteiger partial charge in [0.1, 0.15) is 0 Å². The van der Waals surface area contributed by atoms with E-state index in [0.717, 1.165) is 10.5 Å². The topological polar surface area (TPSA) is 44.6 Å². The van der Waals surface area contributed by atoms with Crippen LogP contribution in [0.2, 0.25) is 0 Å². The van der Waals surface area contributed by atoms with Crippen LogP contribution in [0, 0.1) is 5.92 Å². The molecule has 0 radical (unpaired) electrons. The number of halogens is 3. The number of thioether (sulfide) groups is 2. The number of hydrazone groups is 1. The highest BCUT2D eigenvalue weighted by Gasteiger charge is 2.58. The maximum Gasteiger partial charge on any atom is 0.438 e. The summed E-state index contributed by atoms with van der Waals surface area (Å²) in [6.07, 6.45) is -5.28. The Morgan fingerprint density at radius 1 is 1.45 bits per heavy atom. The number of fused-ring (bicyclic) bond motifs is 1. The molecule has 0 spiro atoms. The van der Waals surface area contributed by atoms with Crippen LogP contribution in [0.4, 0.5) is 13.2 Å². The summed E-state index contributed by atoms with van der Waals surface area (Å²) in [5.74, 6) is 0.266. The molecule has 2 N–H and O–H groups in total. The van der Waals surface area contributed by atoms with E-state index in [0.29, 0.717) is 5.71 Å². The van der Waals surface area contributed by atoms with Gasteiger partial charge in [0.2, 0.25) is 0 Å². The lowest BCUT2D eigenvalue weighted by atomic mass is 9.94. The highest BCUT2D eigenvalue weighted by molar-refractivity contribution is 8.20. The van der Waals surface area contributed by atoms with E-state index in [2.05, 4.69) is 10.5 Å². The minimum atomic E-state index is -4.74. The highest BCUT2D eigenvalue weighted by Crippen LogP contribution is 2.55. The molecule has 0 aliphatic carbocycles. The molecular weight excluding hydrogens is 309 g/mol. The van der Waals surface area contributed by atoms with Crippen LogP contribution in [0.25, 0.3) is 0 Å². The quantitative estimate of drug-likeness (QED) is 0.778. The molecule has 20 heavy (non-hydrogen) atoms. The van der Waals surface area contributed by atoms with Crippen molar-refractivity contribution in [1.29, 1.82) is 0 Å². The molecule has 3 nitrogen and oxygen atoms in total. The minimum absolute atomic E-state index is 0.266. The summed E-state index contributed by atoms with van der Waals surface area (Å²) in [5.41, 5.74) is 1.49. The van der Waals surface area contributed by atoms with Crippen molar-refractivity contribution in [3.8, 4) is 0 Å². The SMILES string of the molecule is CC1=CS[C@@H]2SC(C3=NN[C@@](O)(C(F)(F)F)C3)=C(C)[C@@H]12. The van der Waals surface area contributed by atoms with Crippen LogP contribution in [-0.2, 0) is 0 Å². The Kier molecular flexibility index (Phi) is 3.19. The molecule has 3 atom stereocenters. The Morgan fingerprint density at radius 2 is 2.15 bits per heavy atom. The molecule has 110 valence electrons. The summed E-state index contributed by atoms with van der Waals surface area (Å²) in [7, 11) is 0. The molecule has 3 heterocycles. The van der Waals surface area contributed by atoms with E-state index in [1.165, 1.54) is 5.57 Å². The second kappa shape index (κ2) is 4.45. The number of aliphatic hydroxyl groups is 1. The zero-order valence-corrected chi connectivity index (χ0v) is 12.4. The van der Waals surface area contributed by atoms with Crippen LogP contribution >= 0.6 is 23.5 Å². The van der Waals surface area contributed by atoms with Gasteiger partial charge in [0.15, 0.2) is 0 Å². The van der Waals surface area contributed by atoms with Crippen LogP contribution in [0.3, 0.4) is 0 Å². The predicted molar refractivity (Wildman–Crippen MR) is 75.1 cm³/mol. The summed E-state index contributed by atoms with van der Waals surface area (Å²) in [4.78, 5) is 0.785. The third-order valence-corrected chi connectivity index (χ3v) is 6.71. The third kappa shape index (κ3) is 2.00. The van der Waals surface area contributed by atoms with Gasteiger partial charge in [-0.15, -0.1) is 23.5 Å². The van der Waals surface area contributed by atoms with Crippen molar-refractivity contribution in [2.75, 3.05) is 0 Å². The van der Waals surface area contributed by atoms with E-state index in [-0.39, 0.29) is 10.5 Å². The highest BCUT2D eigenvalue weighted by atomic mass is 32.2. The van der Waals surface area contributed by atoms with Crippen LogP contribution in [-0.4, -0.2) is 27.3 Å². The number of hydrogen-bond donors (Lipinski definition) is 2. The molecule has 3 rings (SSSR count). The summed E-state index contributed by atoms with van der Waals surface area (Å²) >= 11 is 3.23. The van der Waals surface area contributed by atoms with E-state index < -0.39 is 18.3 Å². The van der Waals surface area contributed by atoms with Gasteiger partial charge in [0, 0.05) is 10.8 Å². The van der Waals surface area contributed by atoms with Gasteiger partial charge in [0.05, 0.1) is 16.7 Å². The number of rotatable bonds is 1. The van der Waals surface area contributed by atoms with Gasteiger partial charge >= 0.3 is 6.18 Å². The van der Waals surface area contributed by atoms with Crippen molar-refractivity contribution in [2.45, 2.75) is 36.8 Å². The molecule has 0 aromatic heterocycles. The van der Waals surface area contributed by atoms with Crippen molar-refractivity contribution < 1.29 is 18.3 Å². The summed E-state index contributed by atoms with van der Waals surface area (Å²) in [6.45, 7) is 3.97. The molecule has 0 unspecified atom stereocenters. The van der Waals surface area contributed by atoms with E-state index in [1.54, 1.807) is 23.5 Å². The monoisotopic (exact) mass is 322 g/mol. The van der Waals surface area contributed by atoms with E-state index in [9.17, 15) is 18.3 Å². The van der Waals surface area contributed by atoms with Gasteiger partial charge in [0.25, 0.3) is 5.72 Å². The van der Waals surface area contributed by atoms with E-state index in [1.807, 2.05) is 19.3 Å². The third-order valence-electron chi connectivity index (χ3n) is 3.74. The molecule has 0 saturated carbocycles.